The molecule has 0 saturated carbocycles. The third kappa shape index (κ3) is 182. The average Bonchev–Trinajstić information content (AvgIpc) is 1.14. The summed E-state index contributed by atoms with van der Waals surface area (Å²) in [4.78, 5) is 35.7. The van der Waals surface area contributed by atoms with Crippen molar-refractivity contribution in [2.45, 2.75) is 0 Å². The van der Waals surface area contributed by atoms with Gasteiger partial charge in [0.05, 0.1) is 7.82 Å². The van der Waals surface area contributed by atoms with Crippen LogP contribution in [0, 0.1) is 0 Å². The predicted octanol–water partition coefficient (Wildman–Crippen LogP) is -21.6. The maximum Gasteiger partial charge on any atom is 1.00 e. The molecule has 0 aromatic rings. The molecule has 0 aliphatic heterocycles. The first-order valence-electron chi connectivity index (χ1n) is 1.48. The number of rotatable bonds is 2. The van der Waals surface area contributed by atoms with Gasteiger partial charge in [-0.15, -0.1) is 0 Å². The number of hydrogen-bond acceptors (Lipinski definition) is 6. The van der Waals surface area contributed by atoms with Crippen LogP contribution in [0.15, 0.2) is 0 Å². The van der Waals surface area contributed by atoms with Crippen molar-refractivity contribution in [3.05, 3.63) is 0 Å². The Labute approximate surface area is 201 Å². The van der Waals surface area contributed by atoms with Gasteiger partial charge in [0, 0.05) is 0 Å². The zero-order valence-corrected chi connectivity index (χ0v) is 20.6. The third-order valence-electron chi connectivity index (χ3n) is 0.203. The maximum atomic E-state index is 9.44. The van der Waals surface area contributed by atoms with Crippen molar-refractivity contribution in [2.75, 3.05) is 0 Å². The Hall–Kier alpha value is 2.78. The van der Waals surface area contributed by atoms with Gasteiger partial charge in [0.2, 0.25) is 0 Å². The molecular formula is H25Na3O19P2. The second-order valence-electron chi connectivity index (χ2n) is 0.997. The molecule has 0 bridgehead atoms. The summed E-state index contributed by atoms with van der Waals surface area (Å²) < 4.78 is 21.4. The van der Waals surface area contributed by atoms with E-state index >= 15 is 0 Å². The molecule has 19 nitrogen and oxygen atoms in total. The molecule has 0 spiro atoms. The van der Waals surface area contributed by atoms with Gasteiger partial charge in [-0.2, -0.15) is 0 Å². The normalized spacial score (nSPS) is 7.17. The minimum atomic E-state index is -5.61. The van der Waals surface area contributed by atoms with Crippen LogP contribution in [-0.2, 0) is 13.4 Å². The largest absolute Gasteiger partial charge is 1.00 e. The Morgan fingerprint density at radius 1 is 0.542 bits per heavy atom. The van der Waals surface area contributed by atoms with E-state index in [1.165, 1.54) is 0 Å². The van der Waals surface area contributed by atoms with Crippen LogP contribution in [0.4, 0.5) is 0 Å². The Morgan fingerprint density at radius 3 is 0.667 bits per heavy atom. The van der Waals surface area contributed by atoms with Crippen LogP contribution in [0.5, 0.6) is 0 Å². The summed E-state index contributed by atoms with van der Waals surface area (Å²) in [5.41, 5.74) is 0. The van der Waals surface area contributed by atoms with E-state index in [0.29, 0.717) is 0 Å². The predicted molar refractivity (Wildman–Crippen MR) is 61.9 cm³/mol. The number of hydrogen-bond donors (Lipinski definition) is 1. The van der Waals surface area contributed by atoms with E-state index in [0.717, 1.165) is 0 Å². The second kappa shape index (κ2) is 63.6. The Balaban J connectivity index is -0.00000000305. The summed E-state index contributed by atoms with van der Waals surface area (Å²) in [6, 6.07) is 0. The van der Waals surface area contributed by atoms with E-state index in [1.54, 1.807) is 0 Å². The van der Waals surface area contributed by atoms with Crippen LogP contribution in [0.3, 0.4) is 0 Å². The maximum absolute atomic E-state index is 9.44. The van der Waals surface area contributed by atoms with Gasteiger partial charge in [-0.25, -0.2) is 0 Å². The molecule has 0 aromatic carbocycles. The SMILES string of the molecule is O.O.O.O.O.O.O.O.O.O.O.O.O=P([O-])([O-])OP(=O)([O-])O.[Na+].[Na+].[Na+]. The molecule has 1 unspecified atom stereocenters. The van der Waals surface area contributed by atoms with Crippen molar-refractivity contribution in [1.82, 2.24) is 0 Å². The third-order valence-corrected chi connectivity index (χ3v) is 1.83. The van der Waals surface area contributed by atoms with Crippen molar-refractivity contribution in [3.63, 3.8) is 0 Å². The van der Waals surface area contributed by atoms with Crippen LogP contribution in [0.25, 0.3) is 0 Å². The van der Waals surface area contributed by atoms with Crippen molar-refractivity contribution in [1.29, 1.82) is 0 Å². The van der Waals surface area contributed by atoms with Gasteiger partial charge in [-0.3, -0.25) is 8.88 Å². The van der Waals surface area contributed by atoms with Gasteiger partial charge in [0.15, 0.2) is 0 Å². The standard InChI is InChI=1S/3Na.H4O7P2.12H2O/c;;;1-8(2,3)7-9(4,5)6;;;;;;;;;;;;/h;;;(H2,1,2,3)(H2,4,5,6);12*1H2/q3*+1;;;;;;;;;;;;;/p-3. The van der Waals surface area contributed by atoms with Crippen molar-refractivity contribution in [3.8, 4) is 0 Å². The molecule has 152 valence electrons. The summed E-state index contributed by atoms with van der Waals surface area (Å²) >= 11 is 0. The van der Waals surface area contributed by atoms with Crippen molar-refractivity contribution < 1.29 is 187 Å². The van der Waals surface area contributed by atoms with E-state index in [9.17, 15) is 23.8 Å². The van der Waals surface area contributed by atoms with E-state index in [-0.39, 0.29) is 154 Å². The molecule has 0 fully saturated rings. The van der Waals surface area contributed by atoms with Gasteiger partial charge in [-0.1, -0.05) is 0 Å². The summed E-state index contributed by atoms with van der Waals surface area (Å²) in [5, 5.41) is 0. The fourth-order valence-electron chi connectivity index (χ4n) is 0.126. The summed E-state index contributed by atoms with van der Waals surface area (Å²) in [6.45, 7) is 0. The topological polar surface area (TPSA) is 511 Å². The molecule has 0 saturated heterocycles. The smallest absolute Gasteiger partial charge is 0.790 e. The summed E-state index contributed by atoms with van der Waals surface area (Å²) in [7, 11) is -11.0. The van der Waals surface area contributed by atoms with Crippen LogP contribution < -0.4 is 103 Å². The van der Waals surface area contributed by atoms with Gasteiger partial charge >= 0.3 is 88.7 Å². The van der Waals surface area contributed by atoms with Crippen LogP contribution in [0.1, 0.15) is 0 Å². The average molecular weight is 460 g/mol. The molecule has 0 heterocycles. The van der Waals surface area contributed by atoms with Crippen LogP contribution in [-0.4, -0.2) is 70.6 Å². The van der Waals surface area contributed by atoms with Crippen LogP contribution in [0.2, 0.25) is 0 Å². The molecule has 1 atom stereocenters. The fraction of sp³-hybridized carbons (Fsp3) is 0. The van der Waals surface area contributed by atoms with Gasteiger partial charge in [-0.05, 0) is 0 Å². The van der Waals surface area contributed by atoms with Crippen molar-refractivity contribution >= 4 is 15.6 Å². The fourth-order valence-corrected chi connectivity index (χ4v) is 1.14. The molecule has 24 heteroatoms. The zero-order valence-electron chi connectivity index (χ0n) is 12.8. The van der Waals surface area contributed by atoms with E-state index < -0.39 is 15.6 Å². The van der Waals surface area contributed by atoms with E-state index in [2.05, 4.69) is 4.31 Å². The minimum Gasteiger partial charge on any atom is -0.790 e. The Morgan fingerprint density at radius 2 is 0.667 bits per heavy atom. The molecule has 0 aliphatic carbocycles. The Bertz CT molecular complexity index is 163. The Kier molecular flexibility index (Phi) is 406. The first-order valence-corrected chi connectivity index (χ1v) is 4.43. The molecule has 24 heavy (non-hydrogen) atoms. The molecule has 0 radical (unpaired) electrons. The first-order chi connectivity index (χ1) is 3.71. The monoisotopic (exact) mass is 460 g/mol. The van der Waals surface area contributed by atoms with E-state index in [4.69, 9.17) is 4.89 Å². The molecule has 0 rings (SSSR count). The molecule has 0 aromatic heterocycles. The molecule has 25 N–H and O–H groups in total. The van der Waals surface area contributed by atoms with Gasteiger partial charge in [0.25, 0.3) is 7.82 Å². The molecule has 0 amide bonds. The second-order valence-corrected chi connectivity index (χ2v) is 3.48. The van der Waals surface area contributed by atoms with Gasteiger partial charge < -0.3 is 89.9 Å². The van der Waals surface area contributed by atoms with E-state index in [1.807, 2.05) is 0 Å². The summed E-state index contributed by atoms with van der Waals surface area (Å²) in [5.74, 6) is 0. The number of phosphoric acid groups is 2. The summed E-state index contributed by atoms with van der Waals surface area (Å²) in [6.07, 6.45) is 0. The molecular weight excluding hydrogens is 435 g/mol. The quantitative estimate of drug-likeness (QED) is 0.306. The zero-order chi connectivity index (χ0) is 7.71. The van der Waals surface area contributed by atoms with Gasteiger partial charge in [0.1, 0.15) is 0 Å². The first kappa shape index (κ1) is 153. The molecule has 0 aliphatic rings. The van der Waals surface area contributed by atoms with Crippen molar-refractivity contribution in [2.24, 2.45) is 0 Å². The van der Waals surface area contributed by atoms with Crippen LogP contribution >= 0.6 is 15.6 Å². The minimum absolute atomic E-state index is 0.